The van der Waals surface area contributed by atoms with Crippen LogP contribution in [0.1, 0.15) is 74.6 Å². The molecule has 0 radical (unpaired) electrons. The average molecular weight is 623 g/mol. The predicted molar refractivity (Wildman–Crippen MR) is 177 cm³/mol. The van der Waals surface area contributed by atoms with Crippen molar-refractivity contribution in [1.82, 2.24) is 10.3 Å². The molecule has 0 atom stereocenters. The molecule has 3 N–H and O–H groups in total. The number of sulfonamides is 1. The number of hydrogen-bond acceptors (Lipinski definition) is 7. The second-order valence-electron chi connectivity index (χ2n) is 13.0. The first-order valence-corrected chi connectivity index (χ1v) is 16.9. The first kappa shape index (κ1) is 33.3. The fourth-order valence-corrected chi connectivity index (χ4v) is 6.73. The van der Waals surface area contributed by atoms with E-state index in [9.17, 15) is 13.2 Å². The van der Waals surface area contributed by atoms with Crippen LogP contribution in [-0.4, -0.2) is 45.3 Å². The third kappa shape index (κ3) is 8.95. The molecular weight excluding hydrogens is 576 g/mol. The summed E-state index contributed by atoms with van der Waals surface area (Å²) in [5.74, 6) is 1.59. The van der Waals surface area contributed by atoms with Crippen LogP contribution in [-0.2, 0) is 21.9 Å². The zero-order chi connectivity index (χ0) is 32.1. The molecule has 1 aromatic heterocycles. The number of nitrogens with zero attached hydrogens (tertiary/aromatic N) is 1. The molecule has 2 aromatic carbocycles. The van der Waals surface area contributed by atoms with Crippen molar-refractivity contribution in [3.05, 3.63) is 71.0 Å². The van der Waals surface area contributed by atoms with Crippen LogP contribution in [0.5, 0.6) is 17.2 Å². The third-order valence-electron chi connectivity index (χ3n) is 7.65. The molecule has 0 aliphatic carbocycles. The second kappa shape index (κ2) is 14.0. The summed E-state index contributed by atoms with van der Waals surface area (Å²) >= 11 is 0. The topological polar surface area (TPSA) is 119 Å². The normalized spacial score (nSPS) is 14.4. The van der Waals surface area contributed by atoms with E-state index in [4.69, 9.17) is 9.47 Å². The van der Waals surface area contributed by atoms with Gasteiger partial charge in [0.25, 0.3) is 5.91 Å². The van der Waals surface area contributed by atoms with Crippen LogP contribution in [0.25, 0.3) is 0 Å². The minimum absolute atomic E-state index is 0.0409. The molecule has 1 fully saturated rings. The Hall–Kier alpha value is -3.63. The summed E-state index contributed by atoms with van der Waals surface area (Å²) in [6, 6.07) is 12.7. The number of nitrogens with one attached hydrogen (secondary N) is 3. The number of amides is 1. The zero-order valence-electron chi connectivity index (χ0n) is 26.9. The Morgan fingerprint density at radius 3 is 2.43 bits per heavy atom. The molecule has 10 heteroatoms. The minimum Gasteiger partial charge on any atom is -0.492 e. The van der Waals surface area contributed by atoms with E-state index in [0.717, 1.165) is 49.2 Å². The molecule has 1 aliphatic rings. The maximum absolute atomic E-state index is 13.6. The van der Waals surface area contributed by atoms with Crippen LogP contribution in [0.3, 0.4) is 0 Å². The Labute approximate surface area is 262 Å². The number of anilines is 2. The number of aryl methyl sites for hydroxylation is 1. The van der Waals surface area contributed by atoms with Gasteiger partial charge in [-0.25, -0.2) is 8.42 Å². The van der Waals surface area contributed by atoms with E-state index >= 15 is 0 Å². The van der Waals surface area contributed by atoms with Gasteiger partial charge in [-0.3, -0.25) is 14.5 Å². The van der Waals surface area contributed by atoms with Gasteiger partial charge in [-0.1, -0.05) is 40.7 Å². The predicted octanol–water partition coefficient (Wildman–Crippen LogP) is 6.68. The van der Waals surface area contributed by atoms with Gasteiger partial charge in [0.1, 0.15) is 11.5 Å². The molecule has 1 amide bonds. The van der Waals surface area contributed by atoms with Gasteiger partial charge < -0.3 is 20.1 Å². The molecular formula is C34H46N4O5S. The monoisotopic (exact) mass is 622 g/mol. The van der Waals surface area contributed by atoms with Gasteiger partial charge >= 0.3 is 0 Å². The Morgan fingerprint density at radius 1 is 1.07 bits per heavy atom. The van der Waals surface area contributed by atoms with Crippen molar-refractivity contribution < 1.29 is 22.7 Å². The number of ether oxygens (including phenoxy) is 2. The maximum Gasteiger partial charge on any atom is 0.255 e. The fraction of sp³-hybridized carbons (Fsp3) is 0.471. The highest BCUT2D eigenvalue weighted by molar-refractivity contribution is 7.92. The summed E-state index contributed by atoms with van der Waals surface area (Å²) in [4.78, 5) is 18.2. The summed E-state index contributed by atoms with van der Waals surface area (Å²) in [7, 11) is -2.19. The number of methoxy groups -OCH3 is 1. The van der Waals surface area contributed by atoms with Gasteiger partial charge in [0.05, 0.1) is 24.2 Å². The van der Waals surface area contributed by atoms with E-state index in [1.54, 1.807) is 24.4 Å². The number of carbonyl (C=O) groups is 1. The summed E-state index contributed by atoms with van der Waals surface area (Å²) in [5, 5.41) is 6.35. The van der Waals surface area contributed by atoms with Crippen molar-refractivity contribution in [3.63, 3.8) is 0 Å². The smallest absolute Gasteiger partial charge is 0.255 e. The maximum atomic E-state index is 13.6. The molecule has 3 aromatic rings. The van der Waals surface area contributed by atoms with E-state index in [2.05, 4.69) is 20.3 Å². The quantitative estimate of drug-likeness (QED) is 0.218. The van der Waals surface area contributed by atoms with Gasteiger partial charge in [-0.15, -0.1) is 0 Å². The number of aromatic nitrogens is 1. The van der Waals surface area contributed by atoms with E-state index in [0.29, 0.717) is 28.7 Å². The molecule has 1 aliphatic heterocycles. The van der Waals surface area contributed by atoms with Gasteiger partial charge in [0, 0.05) is 23.5 Å². The molecule has 2 heterocycles. The van der Waals surface area contributed by atoms with Crippen molar-refractivity contribution in [2.75, 3.05) is 36.0 Å². The highest BCUT2D eigenvalue weighted by Crippen LogP contribution is 2.40. The summed E-state index contributed by atoms with van der Waals surface area (Å²) < 4.78 is 40.3. The van der Waals surface area contributed by atoms with Crippen molar-refractivity contribution in [3.8, 4) is 17.2 Å². The van der Waals surface area contributed by atoms with Crippen LogP contribution in [0.15, 0.2) is 48.7 Å². The largest absolute Gasteiger partial charge is 0.492 e. The summed E-state index contributed by atoms with van der Waals surface area (Å²) in [5.41, 5.74) is 3.42. The number of carbonyl (C=O) groups excluding carboxylic acids is 1. The van der Waals surface area contributed by atoms with Crippen LogP contribution < -0.4 is 24.8 Å². The number of hydrogen-bond donors (Lipinski definition) is 3. The lowest BCUT2D eigenvalue weighted by Crippen LogP contribution is -2.28. The van der Waals surface area contributed by atoms with Crippen LogP contribution in [0, 0.1) is 18.8 Å². The molecule has 0 saturated carbocycles. The van der Waals surface area contributed by atoms with Crippen molar-refractivity contribution in [2.24, 2.45) is 11.8 Å². The molecule has 0 bridgehead atoms. The van der Waals surface area contributed by atoms with Gasteiger partial charge in [-0.2, -0.15) is 0 Å². The minimum atomic E-state index is -3.64. The number of piperidine rings is 1. The van der Waals surface area contributed by atoms with Crippen LogP contribution in [0.2, 0.25) is 0 Å². The molecule has 238 valence electrons. The number of benzene rings is 2. The SMILES string of the molecule is COc1c(NC(=O)c2ccc(C)c(Oc3ccnc(CC4CCNCC4)c3)c2)cc(C(C)(C)C)cc1NS(=O)(=O)CC(C)C. The first-order chi connectivity index (χ1) is 20.7. The molecule has 44 heavy (non-hydrogen) atoms. The van der Waals surface area contributed by atoms with E-state index in [1.165, 1.54) is 7.11 Å². The molecule has 9 nitrogen and oxygen atoms in total. The Morgan fingerprint density at radius 2 is 1.77 bits per heavy atom. The summed E-state index contributed by atoms with van der Waals surface area (Å²) in [6.07, 6.45) is 4.94. The molecule has 0 unspecified atom stereocenters. The lowest BCUT2D eigenvalue weighted by atomic mass is 9.86. The Bertz CT molecular complexity index is 1570. The van der Waals surface area contributed by atoms with Crippen molar-refractivity contribution >= 4 is 27.3 Å². The standard InChI is InChI=1S/C34H46N4O5S/c1-22(2)21-44(40,41)38-30-19-26(34(4,5)6)18-29(32(30)42-7)37-33(39)25-9-8-23(3)31(17-25)43-28-12-15-36-27(20-28)16-24-10-13-35-14-11-24/h8-9,12,15,17-20,22,24,35,38H,10-11,13-14,16,21H2,1-7H3,(H,37,39). The van der Waals surface area contributed by atoms with E-state index in [-0.39, 0.29) is 34.4 Å². The van der Waals surface area contributed by atoms with Crippen LogP contribution in [0.4, 0.5) is 11.4 Å². The third-order valence-corrected chi connectivity index (χ3v) is 9.28. The van der Waals surface area contributed by atoms with Crippen LogP contribution >= 0.6 is 0 Å². The van der Waals surface area contributed by atoms with Gasteiger partial charge in [-0.05, 0) is 98.0 Å². The zero-order valence-corrected chi connectivity index (χ0v) is 27.7. The van der Waals surface area contributed by atoms with E-state index in [1.807, 2.05) is 65.8 Å². The average Bonchev–Trinajstić information content (AvgIpc) is 2.93. The highest BCUT2D eigenvalue weighted by atomic mass is 32.2. The Balaban J connectivity index is 1.59. The van der Waals surface area contributed by atoms with Crippen molar-refractivity contribution in [2.45, 2.75) is 66.2 Å². The molecule has 1 saturated heterocycles. The first-order valence-electron chi connectivity index (χ1n) is 15.2. The van der Waals surface area contributed by atoms with Crippen molar-refractivity contribution in [1.29, 1.82) is 0 Å². The Kier molecular flexibility index (Phi) is 10.6. The lowest BCUT2D eigenvalue weighted by Gasteiger charge is -2.24. The van der Waals surface area contributed by atoms with E-state index < -0.39 is 10.0 Å². The summed E-state index contributed by atoms with van der Waals surface area (Å²) in [6.45, 7) is 13.8. The lowest BCUT2D eigenvalue weighted by molar-refractivity contribution is 0.102. The van der Waals surface area contributed by atoms with Gasteiger partial charge in [0.2, 0.25) is 10.0 Å². The highest BCUT2D eigenvalue weighted by Gasteiger charge is 2.24. The van der Waals surface area contributed by atoms with Gasteiger partial charge in [0.15, 0.2) is 5.75 Å². The number of rotatable bonds is 11. The molecule has 0 spiro atoms. The molecule has 4 rings (SSSR count). The second-order valence-corrected chi connectivity index (χ2v) is 14.8. The fourth-order valence-electron chi connectivity index (χ4n) is 5.28. The number of pyridine rings is 1.